The molecule has 0 saturated carbocycles. The molecule has 0 bridgehead atoms. The number of nitrogens with two attached hydrogens (primary N) is 2. The molecule has 0 aliphatic heterocycles. The number of phenolic OH excluding ortho intramolecular Hbond substituents is 1. The highest BCUT2D eigenvalue weighted by molar-refractivity contribution is 5.94. The van der Waals surface area contributed by atoms with Crippen LogP contribution in [-0.4, -0.2) is 75.2 Å². The molecule has 0 aliphatic rings. The van der Waals surface area contributed by atoms with Gasteiger partial charge in [-0.25, -0.2) is 4.79 Å². The number of carboxylic acids is 1. The first kappa shape index (κ1) is 30.3. The van der Waals surface area contributed by atoms with Crippen molar-refractivity contribution in [2.75, 3.05) is 0 Å². The van der Waals surface area contributed by atoms with E-state index in [0.717, 1.165) is 0 Å². The van der Waals surface area contributed by atoms with Gasteiger partial charge in [-0.1, -0.05) is 26.0 Å². The lowest BCUT2D eigenvalue weighted by Gasteiger charge is -2.27. The van der Waals surface area contributed by atoms with Crippen molar-refractivity contribution in [1.82, 2.24) is 16.0 Å². The minimum atomic E-state index is -1.60. The van der Waals surface area contributed by atoms with Crippen molar-refractivity contribution >= 4 is 29.6 Å². The van der Waals surface area contributed by atoms with E-state index >= 15 is 0 Å². The number of carboxylic acid groups (broad SMARTS) is 1. The number of hydrogen-bond acceptors (Lipinski definition) is 8. The van der Waals surface area contributed by atoms with Crippen molar-refractivity contribution in [2.45, 2.75) is 70.3 Å². The topological polar surface area (TPSA) is 234 Å². The quantitative estimate of drug-likeness (QED) is 0.140. The predicted octanol–water partition coefficient (Wildman–Crippen LogP) is -1.90. The summed E-state index contributed by atoms with van der Waals surface area (Å²) in [5.74, 6) is -4.97. The summed E-state index contributed by atoms with van der Waals surface area (Å²) >= 11 is 0. The number of aliphatic hydroxyl groups is 1. The summed E-state index contributed by atoms with van der Waals surface area (Å²) in [6, 6.07) is 0.906. The molecule has 0 radical (unpaired) electrons. The number of amides is 4. The van der Waals surface area contributed by atoms with Crippen LogP contribution in [0.5, 0.6) is 5.75 Å². The van der Waals surface area contributed by atoms with Gasteiger partial charge in [0.1, 0.15) is 17.8 Å². The number of benzene rings is 1. The summed E-state index contributed by atoms with van der Waals surface area (Å²) < 4.78 is 0. The maximum Gasteiger partial charge on any atom is 0.328 e. The summed E-state index contributed by atoms with van der Waals surface area (Å²) in [7, 11) is 0. The third kappa shape index (κ3) is 9.88. The average molecular weight is 510 g/mol. The summed E-state index contributed by atoms with van der Waals surface area (Å²) in [6.45, 7) is 4.40. The zero-order chi connectivity index (χ0) is 27.6. The van der Waals surface area contributed by atoms with Gasteiger partial charge < -0.3 is 42.7 Å². The number of phenols is 1. The Morgan fingerprint density at radius 1 is 0.889 bits per heavy atom. The Bertz CT molecular complexity index is 935. The van der Waals surface area contributed by atoms with E-state index < -0.39 is 65.8 Å². The fraction of sp³-hybridized carbons (Fsp3) is 0.522. The second-order valence-electron chi connectivity index (χ2n) is 8.84. The van der Waals surface area contributed by atoms with Crippen LogP contribution in [0.2, 0.25) is 0 Å². The summed E-state index contributed by atoms with van der Waals surface area (Å²) in [5, 5.41) is 35.3. The van der Waals surface area contributed by atoms with E-state index in [2.05, 4.69) is 16.0 Å². The zero-order valence-electron chi connectivity index (χ0n) is 20.4. The van der Waals surface area contributed by atoms with Crippen LogP contribution in [0.3, 0.4) is 0 Å². The molecule has 1 aromatic rings. The standard InChI is InChI=1S/C23H35N5O8/c1-11(2)18(22(34)28-19(12(3)29)23(35)36)27-21(33)16(8-9-17(25)31)26-20(32)15(24)10-13-4-6-14(30)7-5-13/h4-7,11-12,15-16,18-19,29-30H,8-10,24H2,1-3H3,(H2,25,31)(H,26,32)(H,27,33)(H,28,34)(H,35,36). The number of carbonyl (C=O) groups excluding carboxylic acids is 4. The van der Waals surface area contributed by atoms with Gasteiger partial charge in [-0.3, -0.25) is 19.2 Å². The van der Waals surface area contributed by atoms with Gasteiger partial charge in [-0.15, -0.1) is 0 Å². The smallest absolute Gasteiger partial charge is 0.328 e. The third-order valence-corrected chi connectivity index (χ3v) is 5.33. The van der Waals surface area contributed by atoms with Crippen LogP contribution in [0.15, 0.2) is 24.3 Å². The minimum Gasteiger partial charge on any atom is -0.508 e. The maximum atomic E-state index is 13.0. The number of primary amides is 1. The first-order chi connectivity index (χ1) is 16.7. The largest absolute Gasteiger partial charge is 0.508 e. The number of hydrogen-bond donors (Lipinski definition) is 8. The van der Waals surface area contributed by atoms with Crippen LogP contribution >= 0.6 is 0 Å². The van der Waals surface area contributed by atoms with Crippen molar-refractivity contribution in [1.29, 1.82) is 0 Å². The van der Waals surface area contributed by atoms with E-state index in [0.29, 0.717) is 5.56 Å². The molecule has 1 rings (SSSR count). The zero-order valence-corrected chi connectivity index (χ0v) is 20.4. The molecule has 4 amide bonds. The van der Waals surface area contributed by atoms with Gasteiger partial charge in [-0.05, 0) is 43.4 Å². The van der Waals surface area contributed by atoms with E-state index in [4.69, 9.17) is 11.5 Å². The molecule has 36 heavy (non-hydrogen) atoms. The predicted molar refractivity (Wildman–Crippen MR) is 128 cm³/mol. The van der Waals surface area contributed by atoms with Crippen LogP contribution in [0.1, 0.15) is 39.2 Å². The fourth-order valence-corrected chi connectivity index (χ4v) is 3.23. The molecule has 0 heterocycles. The lowest BCUT2D eigenvalue weighted by molar-refractivity contribution is -0.145. The van der Waals surface area contributed by atoms with Gasteiger partial charge in [0, 0.05) is 6.42 Å². The van der Waals surface area contributed by atoms with Gasteiger partial charge in [0.05, 0.1) is 12.1 Å². The third-order valence-electron chi connectivity index (χ3n) is 5.33. The number of aliphatic hydroxyl groups excluding tert-OH is 1. The Morgan fingerprint density at radius 2 is 1.44 bits per heavy atom. The van der Waals surface area contributed by atoms with Crippen molar-refractivity contribution in [3.63, 3.8) is 0 Å². The summed E-state index contributed by atoms with van der Waals surface area (Å²) in [4.78, 5) is 60.9. The minimum absolute atomic E-state index is 0.0480. The van der Waals surface area contributed by atoms with E-state index in [1.807, 2.05) is 0 Å². The molecular formula is C23H35N5O8. The van der Waals surface area contributed by atoms with Crippen LogP contribution in [-0.2, 0) is 30.4 Å². The lowest BCUT2D eigenvalue weighted by atomic mass is 10.0. The highest BCUT2D eigenvalue weighted by Crippen LogP contribution is 2.11. The Balaban J connectivity index is 2.97. The molecule has 13 nitrogen and oxygen atoms in total. The highest BCUT2D eigenvalue weighted by atomic mass is 16.4. The van der Waals surface area contributed by atoms with Gasteiger partial charge >= 0.3 is 5.97 Å². The van der Waals surface area contributed by atoms with E-state index in [1.165, 1.54) is 19.1 Å². The molecule has 0 aliphatic carbocycles. The van der Waals surface area contributed by atoms with Crippen LogP contribution < -0.4 is 27.4 Å². The SMILES string of the molecule is CC(C)C(NC(=O)C(CCC(N)=O)NC(=O)C(N)Cc1ccc(O)cc1)C(=O)NC(C(=O)O)C(C)O. The van der Waals surface area contributed by atoms with Gasteiger partial charge in [0.15, 0.2) is 6.04 Å². The van der Waals surface area contributed by atoms with E-state index in [9.17, 15) is 39.3 Å². The summed E-state index contributed by atoms with van der Waals surface area (Å²) in [5.41, 5.74) is 11.8. The van der Waals surface area contributed by atoms with E-state index in [1.54, 1.807) is 26.0 Å². The van der Waals surface area contributed by atoms with Crippen molar-refractivity contribution in [3.8, 4) is 5.75 Å². The van der Waals surface area contributed by atoms with Crippen molar-refractivity contribution in [3.05, 3.63) is 29.8 Å². The number of aliphatic carboxylic acids is 1. The molecular weight excluding hydrogens is 474 g/mol. The first-order valence-corrected chi connectivity index (χ1v) is 11.4. The van der Waals surface area contributed by atoms with Gasteiger partial charge in [-0.2, -0.15) is 0 Å². The lowest BCUT2D eigenvalue weighted by Crippen LogP contribution is -2.59. The molecule has 5 unspecified atom stereocenters. The fourth-order valence-electron chi connectivity index (χ4n) is 3.23. The number of nitrogens with one attached hydrogen (secondary N) is 3. The molecule has 5 atom stereocenters. The maximum absolute atomic E-state index is 13.0. The molecule has 0 aromatic heterocycles. The summed E-state index contributed by atoms with van der Waals surface area (Å²) in [6.07, 6.45) is -1.71. The molecule has 0 fully saturated rings. The van der Waals surface area contributed by atoms with Crippen LogP contribution in [0.25, 0.3) is 0 Å². The second-order valence-corrected chi connectivity index (χ2v) is 8.84. The average Bonchev–Trinajstić information content (AvgIpc) is 2.78. The van der Waals surface area contributed by atoms with Crippen LogP contribution in [0, 0.1) is 5.92 Å². The Morgan fingerprint density at radius 3 is 1.92 bits per heavy atom. The van der Waals surface area contributed by atoms with Crippen molar-refractivity contribution in [2.24, 2.45) is 17.4 Å². The molecule has 0 saturated heterocycles. The normalized spacial score (nSPS) is 15.2. The molecule has 0 spiro atoms. The van der Waals surface area contributed by atoms with Crippen molar-refractivity contribution < 1.29 is 39.3 Å². The first-order valence-electron chi connectivity index (χ1n) is 11.4. The number of rotatable bonds is 14. The Kier molecular flexibility index (Phi) is 11.8. The molecule has 10 N–H and O–H groups in total. The Labute approximate surface area is 208 Å². The molecule has 13 heteroatoms. The van der Waals surface area contributed by atoms with Gasteiger partial charge in [0.25, 0.3) is 0 Å². The second kappa shape index (κ2) is 14.0. The Hall–Kier alpha value is -3.71. The monoisotopic (exact) mass is 509 g/mol. The van der Waals surface area contributed by atoms with Crippen LogP contribution in [0.4, 0.5) is 0 Å². The van der Waals surface area contributed by atoms with Gasteiger partial charge in [0.2, 0.25) is 23.6 Å². The molecule has 200 valence electrons. The number of aromatic hydroxyl groups is 1. The highest BCUT2D eigenvalue weighted by Gasteiger charge is 2.33. The number of carbonyl (C=O) groups is 5. The van der Waals surface area contributed by atoms with E-state index in [-0.39, 0.29) is 25.0 Å². The molecule has 1 aromatic carbocycles.